The van der Waals surface area contributed by atoms with Crippen LogP contribution < -0.4 is 0 Å². The van der Waals surface area contributed by atoms with Crippen LogP contribution in [0.4, 0.5) is 0 Å². The van der Waals surface area contributed by atoms with Crippen LogP contribution in [0.1, 0.15) is 16.7 Å². The Hall–Kier alpha value is -2.40. The van der Waals surface area contributed by atoms with Gasteiger partial charge in [-0.3, -0.25) is 4.98 Å². The molecule has 2 heteroatoms. The van der Waals surface area contributed by atoms with Gasteiger partial charge in [-0.2, -0.15) is 5.26 Å². The highest BCUT2D eigenvalue weighted by Crippen LogP contribution is 2.09. The Balaban J connectivity index is 2.21. The molecule has 0 aliphatic rings. The molecule has 0 saturated carbocycles. The highest BCUT2D eigenvalue weighted by atomic mass is 14.6. The summed E-state index contributed by atoms with van der Waals surface area (Å²) in [6.45, 7) is 0. The first kappa shape index (κ1) is 10.1. The molecular weight excluding hydrogens is 196 g/mol. The summed E-state index contributed by atoms with van der Waals surface area (Å²) in [7, 11) is 0. The molecule has 0 unspecified atom stereocenters. The second-order valence-corrected chi connectivity index (χ2v) is 3.35. The molecular formula is C14H10N2. The van der Waals surface area contributed by atoms with E-state index in [0.717, 1.165) is 11.1 Å². The predicted octanol–water partition coefficient (Wildman–Crippen LogP) is 3.12. The van der Waals surface area contributed by atoms with Gasteiger partial charge in [-0.05, 0) is 35.4 Å². The summed E-state index contributed by atoms with van der Waals surface area (Å²) < 4.78 is 0. The van der Waals surface area contributed by atoms with Crippen molar-refractivity contribution in [1.82, 2.24) is 4.98 Å². The van der Waals surface area contributed by atoms with E-state index in [4.69, 9.17) is 5.26 Å². The number of benzene rings is 1. The van der Waals surface area contributed by atoms with E-state index in [0.29, 0.717) is 5.56 Å². The molecule has 0 N–H and O–H groups in total. The third kappa shape index (κ3) is 2.55. The molecule has 2 nitrogen and oxygen atoms in total. The number of pyridine rings is 1. The van der Waals surface area contributed by atoms with Crippen molar-refractivity contribution in [2.45, 2.75) is 0 Å². The van der Waals surface area contributed by atoms with E-state index in [1.165, 1.54) is 0 Å². The van der Waals surface area contributed by atoms with Crippen LogP contribution in [0.5, 0.6) is 0 Å². The number of hydrogen-bond acceptors (Lipinski definition) is 2. The average molecular weight is 206 g/mol. The van der Waals surface area contributed by atoms with Crippen LogP contribution in [0.2, 0.25) is 0 Å². The maximum absolute atomic E-state index is 8.76. The zero-order valence-electron chi connectivity index (χ0n) is 8.67. The minimum absolute atomic E-state index is 0.678. The number of aromatic nitrogens is 1. The van der Waals surface area contributed by atoms with Crippen LogP contribution >= 0.6 is 0 Å². The molecule has 0 saturated heterocycles. The first-order valence-corrected chi connectivity index (χ1v) is 4.97. The van der Waals surface area contributed by atoms with Gasteiger partial charge in [0, 0.05) is 12.4 Å². The smallest absolute Gasteiger partial charge is 0.0991 e. The van der Waals surface area contributed by atoms with Gasteiger partial charge in [0.05, 0.1) is 11.6 Å². The summed E-state index contributed by atoms with van der Waals surface area (Å²) in [5.74, 6) is 0. The molecule has 2 aromatic rings. The van der Waals surface area contributed by atoms with Crippen molar-refractivity contribution in [3.63, 3.8) is 0 Å². The lowest BCUT2D eigenvalue weighted by molar-refractivity contribution is 1.32. The molecule has 0 atom stereocenters. The van der Waals surface area contributed by atoms with E-state index in [2.05, 4.69) is 11.1 Å². The number of nitriles is 1. The maximum atomic E-state index is 8.76. The first-order chi connectivity index (χ1) is 7.88. The van der Waals surface area contributed by atoms with Gasteiger partial charge in [-0.25, -0.2) is 0 Å². The average Bonchev–Trinajstić information content (AvgIpc) is 2.38. The Morgan fingerprint density at radius 3 is 2.50 bits per heavy atom. The molecule has 0 aliphatic carbocycles. The van der Waals surface area contributed by atoms with Crippen LogP contribution in [-0.2, 0) is 0 Å². The van der Waals surface area contributed by atoms with Gasteiger partial charge in [-0.1, -0.05) is 24.3 Å². The Morgan fingerprint density at radius 2 is 1.75 bits per heavy atom. The van der Waals surface area contributed by atoms with E-state index >= 15 is 0 Å². The quantitative estimate of drug-likeness (QED) is 0.756. The van der Waals surface area contributed by atoms with E-state index in [1.54, 1.807) is 18.5 Å². The fourth-order valence-corrected chi connectivity index (χ4v) is 1.38. The van der Waals surface area contributed by atoms with Crippen molar-refractivity contribution in [1.29, 1.82) is 5.26 Å². The summed E-state index contributed by atoms with van der Waals surface area (Å²) in [5.41, 5.74) is 2.80. The maximum Gasteiger partial charge on any atom is 0.0991 e. The number of rotatable bonds is 2. The van der Waals surface area contributed by atoms with Crippen LogP contribution in [0.3, 0.4) is 0 Å². The fraction of sp³-hybridized carbons (Fsp3) is 0. The Labute approximate surface area is 94.5 Å². The summed E-state index contributed by atoms with van der Waals surface area (Å²) in [5, 5.41) is 8.76. The Morgan fingerprint density at radius 1 is 1.00 bits per heavy atom. The third-order valence-electron chi connectivity index (χ3n) is 2.19. The second-order valence-electron chi connectivity index (χ2n) is 3.35. The van der Waals surface area contributed by atoms with Gasteiger partial charge >= 0.3 is 0 Å². The lowest BCUT2D eigenvalue weighted by Crippen LogP contribution is -1.76. The van der Waals surface area contributed by atoms with E-state index in [-0.39, 0.29) is 0 Å². The SMILES string of the molecule is N#Cc1cccc(/C=C/c2ccncc2)c1. The number of nitrogens with zero attached hydrogens (tertiary/aromatic N) is 2. The summed E-state index contributed by atoms with van der Waals surface area (Å²) in [6, 6.07) is 13.5. The minimum Gasteiger partial charge on any atom is -0.265 e. The lowest BCUT2D eigenvalue weighted by Gasteiger charge is -1.94. The van der Waals surface area contributed by atoms with Crippen molar-refractivity contribution in [3.8, 4) is 6.07 Å². The predicted molar refractivity (Wildman–Crippen MR) is 64.3 cm³/mol. The van der Waals surface area contributed by atoms with Gasteiger partial charge in [0.2, 0.25) is 0 Å². The monoisotopic (exact) mass is 206 g/mol. The summed E-state index contributed by atoms with van der Waals surface area (Å²) in [6.07, 6.45) is 7.49. The molecule has 1 aromatic carbocycles. The molecule has 0 radical (unpaired) electrons. The van der Waals surface area contributed by atoms with Crippen LogP contribution in [-0.4, -0.2) is 4.98 Å². The minimum atomic E-state index is 0.678. The fourth-order valence-electron chi connectivity index (χ4n) is 1.38. The van der Waals surface area contributed by atoms with Crippen LogP contribution in [0.25, 0.3) is 12.2 Å². The van der Waals surface area contributed by atoms with E-state index in [1.807, 2.05) is 42.5 Å². The molecule has 2 rings (SSSR count). The Kier molecular flexibility index (Phi) is 3.10. The third-order valence-corrected chi connectivity index (χ3v) is 2.19. The first-order valence-electron chi connectivity index (χ1n) is 4.97. The molecule has 0 fully saturated rings. The summed E-state index contributed by atoms with van der Waals surface area (Å²) >= 11 is 0. The van der Waals surface area contributed by atoms with Crippen molar-refractivity contribution in [2.75, 3.05) is 0 Å². The summed E-state index contributed by atoms with van der Waals surface area (Å²) in [4.78, 5) is 3.95. The van der Waals surface area contributed by atoms with E-state index in [9.17, 15) is 0 Å². The molecule has 76 valence electrons. The van der Waals surface area contributed by atoms with Crippen molar-refractivity contribution >= 4 is 12.2 Å². The zero-order valence-corrected chi connectivity index (χ0v) is 8.67. The normalized spacial score (nSPS) is 10.2. The van der Waals surface area contributed by atoms with Crippen molar-refractivity contribution in [3.05, 3.63) is 65.5 Å². The van der Waals surface area contributed by atoms with Gasteiger partial charge in [-0.15, -0.1) is 0 Å². The van der Waals surface area contributed by atoms with E-state index < -0.39 is 0 Å². The Bertz CT molecular complexity index is 536. The molecule has 0 spiro atoms. The molecule has 1 heterocycles. The standard InChI is InChI=1S/C14H10N2/c15-11-14-3-1-2-13(10-14)5-4-12-6-8-16-9-7-12/h1-10H/b5-4+. The largest absolute Gasteiger partial charge is 0.265 e. The van der Waals surface area contributed by atoms with Crippen LogP contribution in [0, 0.1) is 11.3 Å². The van der Waals surface area contributed by atoms with Crippen LogP contribution in [0.15, 0.2) is 48.8 Å². The zero-order chi connectivity index (χ0) is 11.2. The highest BCUT2D eigenvalue weighted by Gasteiger charge is 1.90. The molecule has 0 amide bonds. The van der Waals surface area contributed by atoms with Crippen molar-refractivity contribution < 1.29 is 0 Å². The number of hydrogen-bond donors (Lipinski definition) is 0. The molecule has 1 aromatic heterocycles. The molecule has 0 aliphatic heterocycles. The second kappa shape index (κ2) is 4.90. The topological polar surface area (TPSA) is 36.7 Å². The molecule has 0 bridgehead atoms. The highest BCUT2D eigenvalue weighted by molar-refractivity contribution is 5.69. The van der Waals surface area contributed by atoms with Gasteiger partial charge in [0.25, 0.3) is 0 Å². The van der Waals surface area contributed by atoms with Crippen molar-refractivity contribution in [2.24, 2.45) is 0 Å². The van der Waals surface area contributed by atoms with Gasteiger partial charge < -0.3 is 0 Å². The molecule has 16 heavy (non-hydrogen) atoms. The van der Waals surface area contributed by atoms with Gasteiger partial charge in [0.1, 0.15) is 0 Å². The van der Waals surface area contributed by atoms with Gasteiger partial charge in [0.15, 0.2) is 0 Å². The lowest BCUT2D eigenvalue weighted by atomic mass is 10.1.